The summed E-state index contributed by atoms with van der Waals surface area (Å²) in [4.78, 5) is 36.7. The van der Waals surface area contributed by atoms with E-state index in [0.717, 1.165) is 10.9 Å². The Bertz CT molecular complexity index is 1050. The Morgan fingerprint density at radius 1 is 1.38 bits per heavy atom. The van der Waals surface area contributed by atoms with Crippen molar-refractivity contribution in [2.24, 2.45) is 0 Å². The zero-order valence-corrected chi connectivity index (χ0v) is 17.7. The second-order valence-electron chi connectivity index (χ2n) is 6.69. The van der Waals surface area contributed by atoms with Gasteiger partial charge in [-0.05, 0) is 37.3 Å². The predicted octanol–water partition coefficient (Wildman–Crippen LogP) is 0.367. The largest absolute Gasteiger partial charge is 0.460 e. The minimum absolute atomic E-state index is 0.0533. The molecule has 2 aromatic heterocycles. The SMILES string of the molecule is CCOC(=O)C(=O)Cn1nc(C2CCCN(S(C)(=O)=O)C2)n(-c2cccs2)c1=O. The van der Waals surface area contributed by atoms with Gasteiger partial charge in [0.05, 0.1) is 12.9 Å². The number of esters is 1. The van der Waals surface area contributed by atoms with Gasteiger partial charge in [-0.2, -0.15) is 5.10 Å². The lowest BCUT2D eigenvalue weighted by atomic mass is 9.99. The normalized spacial score (nSPS) is 17.9. The second kappa shape index (κ2) is 8.59. The number of sulfonamides is 1. The summed E-state index contributed by atoms with van der Waals surface area (Å²) in [5.41, 5.74) is -0.559. The van der Waals surface area contributed by atoms with Crippen molar-refractivity contribution in [1.82, 2.24) is 18.7 Å². The highest BCUT2D eigenvalue weighted by Crippen LogP contribution is 2.28. The third kappa shape index (κ3) is 4.65. The third-order valence-corrected chi connectivity index (χ3v) is 6.73. The molecule has 1 aliphatic rings. The van der Waals surface area contributed by atoms with Crippen molar-refractivity contribution >= 4 is 33.1 Å². The van der Waals surface area contributed by atoms with Gasteiger partial charge in [-0.1, -0.05) is 0 Å². The smallest absolute Gasteiger partial charge is 0.376 e. The Labute approximate surface area is 171 Å². The van der Waals surface area contributed by atoms with Crippen LogP contribution in [0.5, 0.6) is 0 Å². The van der Waals surface area contributed by atoms with E-state index < -0.39 is 34.0 Å². The van der Waals surface area contributed by atoms with E-state index in [1.54, 1.807) is 24.4 Å². The topological polar surface area (TPSA) is 121 Å². The van der Waals surface area contributed by atoms with Gasteiger partial charge in [0.15, 0.2) is 0 Å². The quantitative estimate of drug-likeness (QED) is 0.449. The first-order chi connectivity index (χ1) is 13.7. The molecule has 0 spiro atoms. The lowest BCUT2D eigenvalue weighted by molar-refractivity contribution is -0.153. The van der Waals surface area contributed by atoms with Gasteiger partial charge in [0.25, 0.3) is 5.78 Å². The van der Waals surface area contributed by atoms with Crippen LogP contribution < -0.4 is 5.69 Å². The van der Waals surface area contributed by atoms with Gasteiger partial charge in [-0.3, -0.25) is 4.79 Å². The van der Waals surface area contributed by atoms with E-state index in [1.165, 1.54) is 20.2 Å². The van der Waals surface area contributed by atoms with E-state index in [2.05, 4.69) is 9.84 Å². The van der Waals surface area contributed by atoms with Gasteiger partial charge in [-0.15, -0.1) is 11.3 Å². The molecule has 1 unspecified atom stereocenters. The average molecular weight is 443 g/mol. The summed E-state index contributed by atoms with van der Waals surface area (Å²) in [7, 11) is -3.37. The van der Waals surface area contributed by atoms with Gasteiger partial charge in [0.1, 0.15) is 17.4 Å². The van der Waals surface area contributed by atoms with Gasteiger partial charge < -0.3 is 4.74 Å². The zero-order chi connectivity index (χ0) is 21.2. The molecule has 0 N–H and O–H groups in total. The number of ether oxygens (including phenoxy) is 1. The highest BCUT2D eigenvalue weighted by Gasteiger charge is 2.32. The van der Waals surface area contributed by atoms with E-state index in [4.69, 9.17) is 0 Å². The predicted molar refractivity (Wildman–Crippen MR) is 106 cm³/mol. The fourth-order valence-electron chi connectivity index (χ4n) is 3.26. The third-order valence-electron chi connectivity index (χ3n) is 4.61. The molecular formula is C17H22N4O6S2. The van der Waals surface area contributed by atoms with E-state index in [1.807, 2.05) is 0 Å². The van der Waals surface area contributed by atoms with Crippen LogP contribution in [0.25, 0.3) is 5.00 Å². The molecule has 1 aliphatic heterocycles. The van der Waals surface area contributed by atoms with Crippen LogP contribution in [0.2, 0.25) is 0 Å². The molecule has 0 saturated carbocycles. The lowest BCUT2D eigenvalue weighted by Gasteiger charge is -2.30. The molecule has 0 radical (unpaired) electrons. The van der Waals surface area contributed by atoms with Crippen LogP contribution in [0, 0.1) is 0 Å². The van der Waals surface area contributed by atoms with Crippen LogP contribution in [0.15, 0.2) is 22.3 Å². The maximum Gasteiger partial charge on any atom is 0.376 e. The number of aromatic nitrogens is 3. The molecular weight excluding hydrogens is 420 g/mol. The van der Waals surface area contributed by atoms with Crippen molar-refractivity contribution in [3.8, 4) is 5.00 Å². The van der Waals surface area contributed by atoms with Crippen LogP contribution in [0.1, 0.15) is 31.5 Å². The standard InChI is InChI=1S/C17H22N4O6S2/c1-3-27-16(23)13(22)11-20-17(24)21(14-7-5-9-28-14)15(18-20)12-6-4-8-19(10-12)29(2,25)26/h5,7,9,12H,3-4,6,8,10-11H2,1-2H3. The molecule has 3 heterocycles. The molecule has 158 valence electrons. The minimum atomic E-state index is -3.37. The Morgan fingerprint density at radius 2 is 2.14 bits per heavy atom. The number of nitrogens with zero attached hydrogens (tertiary/aromatic N) is 4. The van der Waals surface area contributed by atoms with E-state index in [9.17, 15) is 22.8 Å². The fourth-order valence-corrected chi connectivity index (χ4v) is 4.90. The van der Waals surface area contributed by atoms with Crippen LogP contribution >= 0.6 is 11.3 Å². The molecule has 3 rings (SSSR count). The highest BCUT2D eigenvalue weighted by atomic mass is 32.2. The van der Waals surface area contributed by atoms with Crippen molar-refractivity contribution in [3.05, 3.63) is 33.8 Å². The maximum absolute atomic E-state index is 13.0. The number of hydrogen-bond donors (Lipinski definition) is 0. The van der Waals surface area contributed by atoms with E-state index in [0.29, 0.717) is 30.2 Å². The molecule has 0 aromatic carbocycles. The number of carbonyl (C=O) groups is 2. The molecule has 1 fully saturated rings. The van der Waals surface area contributed by atoms with Crippen molar-refractivity contribution in [3.63, 3.8) is 0 Å². The summed E-state index contributed by atoms with van der Waals surface area (Å²) in [5.74, 6) is -1.83. The Morgan fingerprint density at radius 3 is 2.76 bits per heavy atom. The number of ketones is 1. The summed E-state index contributed by atoms with van der Waals surface area (Å²) < 4.78 is 32.3. The lowest BCUT2D eigenvalue weighted by Crippen LogP contribution is -2.39. The highest BCUT2D eigenvalue weighted by molar-refractivity contribution is 7.88. The first kappa shape index (κ1) is 21.4. The van der Waals surface area contributed by atoms with Crippen molar-refractivity contribution in [2.45, 2.75) is 32.2 Å². The summed E-state index contributed by atoms with van der Waals surface area (Å²) >= 11 is 1.32. The molecule has 1 atom stereocenters. The van der Waals surface area contributed by atoms with Crippen molar-refractivity contribution in [2.75, 3.05) is 26.0 Å². The number of hydrogen-bond acceptors (Lipinski definition) is 8. The monoisotopic (exact) mass is 442 g/mol. The van der Waals surface area contributed by atoms with Gasteiger partial charge in [0, 0.05) is 19.0 Å². The van der Waals surface area contributed by atoms with Crippen LogP contribution in [0.4, 0.5) is 0 Å². The van der Waals surface area contributed by atoms with Gasteiger partial charge in [0.2, 0.25) is 10.0 Å². The molecule has 2 aromatic rings. The van der Waals surface area contributed by atoms with Gasteiger partial charge in [-0.25, -0.2) is 31.6 Å². The number of carbonyl (C=O) groups excluding carboxylic acids is 2. The summed E-state index contributed by atoms with van der Waals surface area (Å²) in [6, 6.07) is 3.52. The summed E-state index contributed by atoms with van der Waals surface area (Å²) in [6.07, 6.45) is 2.43. The Kier molecular flexibility index (Phi) is 6.34. The number of Topliss-reactive ketones (excluding diaryl/α,β-unsaturated/α-hetero) is 1. The van der Waals surface area contributed by atoms with E-state index >= 15 is 0 Å². The first-order valence-corrected chi connectivity index (χ1v) is 11.8. The molecule has 0 aliphatic carbocycles. The maximum atomic E-state index is 13.0. The Balaban J connectivity index is 1.99. The van der Waals surface area contributed by atoms with Crippen LogP contribution in [0.3, 0.4) is 0 Å². The first-order valence-electron chi connectivity index (χ1n) is 9.11. The summed E-state index contributed by atoms with van der Waals surface area (Å²) in [5, 5.41) is 6.72. The molecule has 29 heavy (non-hydrogen) atoms. The van der Waals surface area contributed by atoms with Crippen molar-refractivity contribution in [1.29, 1.82) is 0 Å². The van der Waals surface area contributed by atoms with Crippen LogP contribution in [-0.2, 0) is 30.9 Å². The van der Waals surface area contributed by atoms with Gasteiger partial charge >= 0.3 is 11.7 Å². The Hall–Kier alpha value is -2.31. The number of piperidine rings is 1. The van der Waals surface area contributed by atoms with E-state index in [-0.39, 0.29) is 19.1 Å². The molecule has 1 saturated heterocycles. The zero-order valence-electron chi connectivity index (χ0n) is 16.1. The average Bonchev–Trinajstić information content (AvgIpc) is 3.30. The molecule has 12 heteroatoms. The minimum Gasteiger partial charge on any atom is -0.460 e. The number of thiophene rings is 1. The molecule has 0 bridgehead atoms. The molecule has 0 amide bonds. The van der Waals surface area contributed by atoms with Crippen molar-refractivity contribution < 1.29 is 22.7 Å². The molecule has 10 nitrogen and oxygen atoms in total. The van der Waals surface area contributed by atoms with Crippen LogP contribution in [-0.4, -0.2) is 64.8 Å². The second-order valence-corrected chi connectivity index (χ2v) is 9.60. The fraction of sp³-hybridized carbons (Fsp3) is 0.529. The summed E-state index contributed by atoms with van der Waals surface area (Å²) in [6.45, 7) is 1.72. The number of rotatable bonds is 7.